The van der Waals surface area contributed by atoms with Crippen LogP contribution in [0.4, 0.5) is 0 Å². The number of hydrogen-bond acceptors (Lipinski definition) is 4. The Kier molecular flexibility index (Phi) is 6.99. The average molecular weight is 334 g/mol. The third-order valence-corrected chi connectivity index (χ3v) is 4.56. The molecule has 0 aromatic carbocycles. The SMILES string of the molecule is CCCN1CCC(CCn2cnc3cc[nH]c3c2=O)CC1.O=CO. The van der Waals surface area contributed by atoms with Crippen LogP contribution in [0.2, 0.25) is 0 Å². The van der Waals surface area contributed by atoms with Crippen LogP contribution in [0.1, 0.15) is 32.6 Å². The number of piperidine rings is 1. The zero-order chi connectivity index (χ0) is 17.4. The molecule has 0 amide bonds. The van der Waals surface area contributed by atoms with Crippen LogP contribution in [0.3, 0.4) is 0 Å². The summed E-state index contributed by atoms with van der Waals surface area (Å²) in [6.07, 6.45) is 8.28. The molecule has 1 aliphatic heterocycles. The molecule has 0 bridgehead atoms. The molecular weight excluding hydrogens is 308 g/mol. The Hall–Kier alpha value is -2.15. The van der Waals surface area contributed by atoms with Crippen molar-refractivity contribution in [3.8, 4) is 0 Å². The van der Waals surface area contributed by atoms with Gasteiger partial charge in [0.05, 0.1) is 11.8 Å². The number of aromatic nitrogens is 3. The molecule has 7 nitrogen and oxygen atoms in total. The van der Waals surface area contributed by atoms with E-state index in [4.69, 9.17) is 9.90 Å². The molecule has 0 aliphatic carbocycles. The molecule has 0 atom stereocenters. The van der Waals surface area contributed by atoms with Gasteiger partial charge in [-0.1, -0.05) is 6.92 Å². The molecule has 1 fully saturated rings. The van der Waals surface area contributed by atoms with Crippen molar-refractivity contribution in [1.29, 1.82) is 0 Å². The first-order valence-corrected chi connectivity index (χ1v) is 8.52. The summed E-state index contributed by atoms with van der Waals surface area (Å²) in [5.74, 6) is 0.740. The van der Waals surface area contributed by atoms with E-state index in [0.717, 1.165) is 24.4 Å². The number of carboxylic acid groups (broad SMARTS) is 1. The van der Waals surface area contributed by atoms with E-state index in [0.29, 0.717) is 5.52 Å². The Morgan fingerprint density at radius 1 is 1.38 bits per heavy atom. The highest BCUT2D eigenvalue weighted by Crippen LogP contribution is 2.21. The molecule has 0 unspecified atom stereocenters. The van der Waals surface area contributed by atoms with Crippen molar-refractivity contribution in [2.75, 3.05) is 19.6 Å². The zero-order valence-electron chi connectivity index (χ0n) is 14.1. The monoisotopic (exact) mass is 334 g/mol. The van der Waals surface area contributed by atoms with Crippen molar-refractivity contribution in [3.63, 3.8) is 0 Å². The van der Waals surface area contributed by atoms with Crippen molar-refractivity contribution in [2.45, 2.75) is 39.2 Å². The molecular formula is C17H26N4O3. The van der Waals surface area contributed by atoms with E-state index in [1.165, 1.54) is 38.9 Å². The van der Waals surface area contributed by atoms with Gasteiger partial charge in [-0.2, -0.15) is 0 Å². The number of aromatic amines is 1. The van der Waals surface area contributed by atoms with Crippen LogP contribution in [0.25, 0.3) is 11.0 Å². The van der Waals surface area contributed by atoms with E-state index in [2.05, 4.69) is 21.8 Å². The Labute approximate surface area is 141 Å². The van der Waals surface area contributed by atoms with E-state index in [9.17, 15) is 4.79 Å². The fourth-order valence-corrected chi connectivity index (χ4v) is 3.26. The van der Waals surface area contributed by atoms with Crippen LogP contribution in [-0.2, 0) is 11.3 Å². The number of nitrogens with one attached hydrogen (secondary N) is 1. The van der Waals surface area contributed by atoms with Gasteiger partial charge in [-0.05, 0) is 57.3 Å². The average Bonchev–Trinajstić information content (AvgIpc) is 3.06. The number of likely N-dealkylation sites (tertiary alicyclic amines) is 1. The second-order valence-electron chi connectivity index (χ2n) is 6.16. The first kappa shape index (κ1) is 18.2. The molecule has 2 N–H and O–H groups in total. The number of nitrogens with zero attached hydrogens (tertiary/aromatic N) is 3. The van der Waals surface area contributed by atoms with Gasteiger partial charge in [0.25, 0.3) is 12.0 Å². The summed E-state index contributed by atoms with van der Waals surface area (Å²) in [5, 5.41) is 6.89. The maximum absolute atomic E-state index is 12.3. The lowest BCUT2D eigenvalue weighted by Crippen LogP contribution is -2.34. The normalized spacial score (nSPS) is 15.9. The van der Waals surface area contributed by atoms with E-state index in [1.807, 2.05) is 6.07 Å². The number of hydrogen-bond donors (Lipinski definition) is 2. The topological polar surface area (TPSA) is 91.2 Å². The van der Waals surface area contributed by atoms with E-state index in [-0.39, 0.29) is 12.0 Å². The van der Waals surface area contributed by atoms with E-state index >= 15 is 0 Å². The Balaban J connectivity index is 0.000000647. The Bertz CT molecular complexity index is 686. The summed E-state index contributed by atoms with van der Waals surface area (Å²) < 4.78 is 1.75. The minimum Gasteiger partial charge on any atom is -0.483 e. The molecule has 7 heteroatoms. The highest BCUT2D eigenvalue weighted by Gasteiger charge is 2.18. The van der Waals surface area contributed by atoms with Crippen LogP contribution in [0, 0.1) is 5.92 Å². The first-order valence-electron chi connectivity index (χ1n) is 8.52. The van der Waals surface area contributed by atoms with Gasteiger partial charge in [0.15, 0.2) is 0 Å². The van der Waals surface area contributed by atoms with Crippen molar-refractivity contribution >= 4 is 17.5 Å². The van der Waals surface area contributed by atoms with Gasteiger partial charge in [0.2, 0.25) is 0 Å². The van der Waals surface area contributed by atoms with Gasteiger partial charge >= 0.3 is 0 Å². The molecule has 3 heterocycles. The molecule has 0 saturated carbocycles. The lowest BCUT2D eigenvalue weighted by atomic mass is 9.93. The molecule has 0 spiro atoms. The van der Waals surface area contributed by atoms with Gasteiger partial charge in [0.1, 0.15) is 5.52 Å². The smallest absolute Gasteiger partial charge is 0.290 e. The van der Waals surface area contributed by atoms with Crippen LogP contribution in [-0.4, -0.2) is 50.6 Å². The molecule has 2 aromatic heterocycles. The molecule has 1 aliphatic rings. The summed E-state index contributed by atoms with van der Waals surface area (Å²) >= 11 is 0. The number of fused-ring (bicyclic) bond motifs is 1. The lowest BCUT2D eigenvalue weighted by Gasteiger charge is -2.31. The van der Waals surface area contributed by atoms with Crippen molar-refractivity contribution in [3.05, 3.63) is 28.9 Å². The third kappa shape index (κ3) is 4.67. The molecule has 24 heavy (non-hydrogen) atoms. The molecule has 132 valence electrons. The number of H-pyrrole nitrogens is 1. The lowest BCUT2D eigenvalue weighted by molar-refractivity contribution is -0.122. The minimum atomic E-state index is -0.250. The first-order chi connectivity index (χ1) is 11.7. The van der Waals surface area contributed by atoms with Gasteiger partial charge in [-0.3, -0.25) is 14.2 Å². The summed E-state index contributed by atoms with van der Waals surface area (Å²) in [6, 6.07) is 1.84. The van der Waals surface area contributed by atoms with Crippen LogP contribution < -0.4 is 5.56 Å². The van der Waals surface area contributed by atoms with Crippen LogP contribution in [0.15, 0.2) is 23.4 Å². The summed E-state index contributed by atoms with van der Waals surface area (Å²) in [7, 11) is 0. The maximum atomic E-state index is 12.3. The predicted molar refractivity (Wildman–Crippen MR) is 93.1 cm³/mol. The molecule has 3 rings (SSSR count). The van der Waals surface area contributed by atoms with E-state index in [1.54, 1.807) is 17.1 Å². The Morgan fingerprint density at radius 2 is 2.08 bits per heavy atom. The third-order valence-electron chi connectivity index (χ3n) is 4.56. The number of aryl methyl sites for hydroxylation is 1. The fourth-order valence-electron chi connectivity index (χ4n) is 3.26. The number of rotatable bonds is 5. The molecule has 1 saturated heterocycles. The highest BCUT2D eigenvalue weighted by atomic mass is 16.3. The van der Waals surface area contributed by atoms with Gasteiger partial charge < -0.3 is 15.0 Å². The van der Waals surface area contributed by atoms with Crippen molar-refractivity contribution in [2.24, 2.45) is 5.92 Å². The molecule has 2 aromatic rings. The molecule has 0 radical (unpaired) electrons. The van der Waals surface area contributed by atoms with E-state index < -0.39 is 0 Å². The number of carbonyl (C=O) groups is 1. The Morgan fingerprint density at radius 3 is 2.75 bits per heavy atom. The quantitative estimate of drug-likeness (QED) is 0.815. The van der Waals surface area contributed by atoms with Crippen LogP contribution >= 0.6 is 0 Å². The van der Waals surface area contributed by atoms with Crippen molar-refractivity contribution in [1.82, 2.24) is 19.4 Å². The standard InChI is InChI=1S/C16H24N4O.CH2O2/c1-2-8-19-9-4-13(5-10-19)6-11-20-12-18-14-3-7-17-15(14)16(20)21;2-1-3/h3,7,12-13,17H,2,4-6,8-11H2,1H3;1H,(H,2,3). The largest absolute Gasteiger partial charge is 0.483 e. The minimum absolute atomic E-state index is 0.0495. The highest BCUT2D eigenvalue weighted by molar-refractivity contribution is 5.73. The van der Waals surface area contributed by atoms with Gasteiger partial charge in [0, 0.05) is 12.7 Å². The summed E-state index contributed by atoms with van der Waals surface area (Å²) in [4.78, 5) is 30.5. The summed E-state index contributed by atoms with van der Waals surface area (Å²) in [6.45, 7) is 6.41. The van der Waals surface area contributed by atoms with Gasteiger partial charge in [-0.25, -0.2) is 4.98 Å². The summed E-state index contributed by atoms with van der Waals surface area (Å²) in [5.41, 5.74) is 1.42. The zero-order valence-corrected chi connectivity index (χ0v) is 14.1. The second kappa shape index (κ2) is 9.22. The maximum Gasteiger partial charge on any atom is 0.290 e. The van der Waals surface area contributed by atoms with Gasteiger partial charge in [-0.15, -0.1) is 0 Å². The fraction of sp³-hybridized carbons (Fsp3) is 0.588. The second-order valence-corrected chi connectivity index (χ2v) is 6.16. The van der Waals surface area contributed by atoms with Crippen LogP contribution in [0.5, 0.6) is 0 Å². The van der Waals surface area contributed by atoms with Crippen molar-refractivity contribution < 1.29 is 9.90 Å². The predicted octanol–water partition coefficient (Wildman–Crippen LogP) is 1.94.